The highest BCUT2D eigenvalue weighted by Crippen LogP contribution is 2.40. The molecule has 0 aromatic heterocycles. The zero-order valence-electron chi connectivity index (χ0n) is 14.9. The molecule has 1 aliphatic carbocycles. The molecule has 124 valence electrons. The zero-order valence-corrected chi connectivity index (χ0v) is 14.9. The standard InChI is InChI=1S/C18H37N3/c1-14(2)21-10-8-20(9-11-21)13-15-12-16(18(3,4)5)6-7-17(15)19/h14-17H,6-13,19H2,1-5H3. The van der Waals surface area contributed by atoms with Crippen molar-refractivity contribution < 1.29 is 0 Å². The smallest absolute Gasteiger partial charge is 0.0113 e. The molecule has 1 saturated heterocycles. The minimum atomic E-state index is 0.423. The summed E-state index contributed by atoms with van der Waals surface area (Å²) < 4.78 is 0. The van der Waals surface area contributed by atoms with Crippen molar-refractivity contribution >= 4 is 0 Å². The van der Waals surface area contributed by atoms with Crippen LogP contribution in [0.1, 0.15) is 53.9 Å². The van der Waals surface area contributed by atoms with Gasteiger partial charge < -0.3 is 10.6 Å². The summed E-state index contributed by atoms with van der Waals surface area (Å²) in [7, 11) is 0. The quantitative estimate of drug-likeness (QED) is 0.869. The van der Waals surface area contributed by atoms with Gasteiger partial charge in [-0.2, -0.15) is 0 Å². The van der Waals surface area contributed by atoms with Crippen LogP contribution in [0.3, 0.4) is 0 Å². The van der Waals surface area contributed by atoms with Crippen LogP contribution in [0.15, 0.2) is 0 Å². The van der Waals surface area contributed by atoms with Crippen LogP contribution in [0, 0.1) is 17.3 Å². The van der Waals surface area contributed by atoms with Gasteiger partial charge in [-0.3, -0.25) is 4.90 Å². The first-order valence-corrected chi connectivity index (χ1v) is 8.99. The summed E-state index contributed by atoms with van der Waals surface area (Å²) in [6.45, 7) is 17.9. The van der Waals surface area contributed by atoms with Gasteiger partial charge in [0.1, 0.15) is 0 Å². The van der Waals surface area contributed by atoms with E-state index in [1.54, 1.807) is 0 Å². The number of piperazine rings is 1. The predicted octanol–water partition coefficient (Wildman–Crippen LogP) is 2.80. The lowest BCUT2D eigenvalue weighted by Crippen LogP contribution is -2.52. The average Bonchev–Trinajstić information content (AvgIpc) is 2.40. The van der Waals surface area contributed by atoms with Gasteiger partial charge in [0.25, 0.3) is 0 Å². The molecule has 21 heavy (non-hydrogen) atoms. The van der Waals surface area contributed by atoms with Gasteiger partial charge in [0.15, 0.2) is 0 Å². The molecule has 1 saturated carbocycles. The lowest BCUT2D eigenvalue weighted by atomic mass is 9.67. The topological polar surface area (TPSA) is 32.5 Å². The summed E-state index contributed by atoms with van der Waals surface area (Å²) in [6, 6.07) is 1.11. The second-order valence-electron chi connectivity index (χ2n) is 8.73. The molecule has 2 N–H and O–H groups in total. The van der Waals surface area contributed by atoms with Gasteiger partial charge in [0, 0.05) is 44.8 Å². The largest absolute Gasteiger partial charge is 0.327 e. The van der Waals surface area contributed by atoms with E-state index in [9.17, 15) is 0 Å². The Balaban J connectivity index is 1.84. The fourth-order valence-electron chi connectivity index (χ4n) is 4.08. The first-order chi connectivity index (χ1) is 9.77. The summed E-state index contributed by atoms with van der Waals surface area (Å²) in [4.78, 5) is 5.25. The second-order valence-corrected chi connectivity index (χ2v) is 8.73. The Kier molecular flexibility index (Phi) is 5.72. The molecule has 0 spiro atoms. The van der Waals surface area contributed by atoms with Crippen LogP contribution < -0.4 is 5.73 Å². The van der Waals surface area contributed by atoms with Crippen molar-refractivity contribution in [1.82, 2.24) is 9.80 Å². The van der Waals surface area contributed by atoms with E-state index in [4.69, 9.17) is 5.73 Å². The van der Waals surface area contributed by atoms with Crippen molar-refractivity contribution in [3.8, 4) is 0 Å². The third-order valence-corrected chi connectivity index (χ3v) is 5.90. The van der Waals surface area contributed by atoms with Gasteiger partial charge in [-0.25, -0.2) is 0 Å². The van der Waals surface area contributed by atoms with Crippen LogP contribution in [0.4, 0.5) is 0 Å². The second kappa shape index (κ2) is 6.97. The third-order valence-electron chi connectivity index (χ3n) is 5.90. The summed E-state index contributed by atoms with van der Waals surface area (Å²) >= 11 is 0. The summed E-state index contributed by atoms with van der Waals surface area (Å²) in [5.74, 6) is 1.55. The van der Waals surface area contributed by atoms with Crippen LogP contribution in [-0.4, -0.2) is 54.6 Å². The zero-order chi connectivity index (χ0) is 15.6. The first-order valence-electron chi connectivity index (χ1n) is 8.99. The van der Waals surface area contributed by atoms with E-state index >= 15 is 0 Å². The number of hydrogen-bond acceptors (Lipinski definition) is 3. The highest BCUT2D eigenvalue weighted by Gasteiger charge is 2.35. The number of nitrogens with two attached hydrogens (primary N) is 1. The Bertz CT molecular complexity index is 313. The molecule has 1 aliphatic heterocycles. The first kappa shape index (κ1) is 17.2. The van der Waals surface area contributed by atoms with Crippen LogP contribution in [0.5, 0.6) is 0 Å². The van der Waals surface area contributed by atoms with Crippen molar-refractivity contribution in [3.63, 3.8) is 0 Å². The highest BCUT2D eigenvalue weighted by atomic mass is 15.3. The Labute approximate surface area is 132 Å². The van der Waals surface area contributed by atoms with Crippen LogP contribution in [-0.2, 0) is 0 Å². The van der Waals surface area contributed by atoms with E-state index in [1.807, 2.05) is 0 Å². The maximum atomic E-state index is 6.44. The van der Waals surface area contributed by atoms with Crippen LogP contribution in [0.25, 0.3) is 0 Å². The highest BCUT2D eigenvalue weighted by molar-refractivity contribution is 4.89. The normalized spacial score (nSPS) is 33.6. The molecule has 0 aromatic carbocycles. The lowest BCUT2D eigenvalue weighted by molar-refractivity contribution is 0.0640. The molecule has 3 atom stereocenters. The van der Waals surface area contributed by atoms with Crippen LogP contribution >= 0.6 is 0 Å². The molecule has 3 unspecified atom stereocenters. The molecule has 0 amide bonds. The SMILES string of the molecule is CC(C)N1CCN(CC2CC(C(C)(C)C)CCC2N)CC1. The van der Waals surface area contributed by atoms with E-state index in [1.165, 1.54) is 52.0 Å². The minimum Gasteiger partial charge on any atom is -0.327 e. The van der Waals surface area contributed by atoms with E-state index in [0.29, 0.717) is 23.4 Å². The molecule has 2 aliphatic rings. The van der Waals surface area contributed by atoms with E-state index in [2.05, 4.69) is 44.4 Å². The van der Waals surface area contributed by atoms with Crippen molar-refractivity contribution in [3.05, 3.63) is 0 Å². The van der Waals surface area contributed by atoms with Gasteiger partial charge >= 0.3 is 0 Å². The number of rotatable bonds is 3. The molecule has 2 rings (SSSR count). The number of hydrogen-bond donors (Lipinski definition) is 1. The monoisotopic (exact) mass is 295 g/mol. The van der Waals surface area contributed by atoms with Gasteiger partial charge in [0.2, 0.25) is 0 Å². The van der Waals surface area contributed by atoms with Gasteiger partial charge in [0.05, 0.1) is 0 Å². The minimum absolute atomic E-state index is 0.423. The van der Waals surface area contributed by atoms with Crippen molar-refractivity contribution in [2.75, 3.05) is 32.7 Å². The molecule has 1 heterocycles. The Morgan fingerprint density at radius 2 is 1.67 bits per heavy atom. The molecule has 0 aromatic rings. The van der Waals surface area contributed by atoms with Crippen molar-refractivity contribution in [2.45, 2.75) is 66.0 Å². The molecular weight excluding hydrogens is 258 g/mol. The third kappa shape index (κ3) is 4.67. The number of nitrogens with zero attached hydrogens (tertiary/aromatic N) is 2. The molecule has 0 bridgehead atoms. The van der Waals surface area contributed by atoms with E-state index in [-0.39, 0.29) is 0 Å². The van der Waals surface area contributed by atoms with Crippen molar-refractivity contribution in [2.24, 2.45) is 23.0 Å². The molecule has 2 fully saturated rings. The van der Waals surface area contributed by atoms with Gasteiger partial charge in [-0.15, -0.1) is 0 Å². The maximum absolute atomic E-state index is 6.44. The Hall–Kier alpha value is -0.120. The molecule has 3 heteroatoms. The van der Waals surface area contributed by atoms with Crippen molar-refractivity contribution in [1.29, 1.82) is 0 Å². The lowest BCUT2D eigenvalue weighted by Gasteiger charge is -2.44. The fraction of sp³-hybridized carbons (Fsp3) is 1.00. The molecule has 0 radical (unpaired) electrons. The summed E-state index contributed by atoms with van der Waals surface area (Å²) in [5.41, 5.74) is 6.88. The predicted molar refractivity (Wildman–Crippen MR) is 91.4 cm³/mol. The summed E-state index contributed by atoms with van der Waals surface area (Å²) in [6.07, 6.45) is 3.87. The van der Waals surface area contributed by atoms with Crippen LogP contribution in [0.2, 0.25) is 0 Å². The maximum Gasteiger partial charge on any atom is 0.0113 e. The molecular formula is C18H37N3. The van der Waals surface area contributed by atoms with Gasteiger partial charge in [-0.05, 0) is 50.4 Å². The van der Waals surface area contributed by atoms with E-state index in [0.717, 1.165) is 5.92 Å². The summed E-state index contributed by atoms with van der Waals surface area (Å²) in [5, 5.41) is 0. The Morgan fingerprint density at radius 3 is 2.19 bits per heavy atom. The average molecular weight is 296 g/mol. The molecule has 3 nitrogen and oxygen atoms in total. The fourth-order valence-corrected chi connectivity index (χ4v) is 4.08. The van der Waals surface area contributed by atoms with Gasteiger partial charge in [-0.1, -0.05) is 20.8 Å². The Morgan fingerprint density at radius 1 is 1.05 bits per heavy atom. The van der Waals surface area contributed by atoms with E-state index < -0.39 is 0 Å².